The molecule has 0 saturated heterocycles. The monoisotopic (exact) mass is 385 g/mol. The van der Waals surface area contributed by atoms with Crippen LogP contribution in [0.15, 0.2) is 60.7 Å². The third kappa shape index (κ3) is 3.66. The first kappa shape index (κ1) is 18.3. The molecule has 0 spiro atoms. The van der Waals surface area contributed by atoms with Crippen LogP contribution in [-0.4, -0.2) is 16.7 Å². The van der Waals surface area contributed by atoms with E-state index >= 15 is 0 Å². The third-order valence-corrected chi connectivity index (χ3v) is 4.55. The van der Waals surface area contributed by atoms with Crippen LogP contribution in [0, 0.1) is 5.82 Å². The Morgan fingerprint density at radius 2 is 1.75 bits per heavy atom. The molecule has 1 N–H and O–H groups in total. The van der Waals surface area contributed by atoms with Gasteiger partial charge in [0.1, 0.15) is 5.82 Å². The first-order valence-electron chi connectivity index (χ1n) is 8.63. The molecule has 1 aliphatic heterocycles. The van der Waals surface area contributed by atoms with Crippen molar-refractivity contribution in [3.05, 3.63) is 88.9 Å². The van der Waals surface area contributed by atoms with Crippen LogP contribution in [0.1, 0.15) is 22.4 Å². The minimum atomic E-state index is -4.52. The van der Waals surface area contributed by atoms with Gasteiger partial charge in [0.25, 0.3) is 0 Å². The van der Waals surface area contributed by atoms with Crippen molar-refractivity contribution in [2.75, 3.05) is 6.54 Å². The molecule has 1 aromatic heterocycles. The second-order valence-electron chi connectivity index (χ2n) is 6.43. The Morgan fingerprint density at radius 1 is 0.893 bits per heavy atom. The second kappa shape index (κ2) is 7.16. The number of nitrogens with zero attached hydrogens (tertiary/aromatic N) is 2. The summed E-state index contributed by atoms with van der Waals surface area (Å²) in [6.45, 7) is 1.20. The van der Waals surface area contributed by atoms with E-state index in [-0.39, 0.29) is 5.82 Å². The van der Waals surface area contributed by atoms with E-state index in [1.165, 1.54) is 18.2 Å². The highest BCUT2D eigenvalue weighted by atomic mass is 19.4. The van der Waals surface area contributed by atoms with E-state index in [4.69, 9.17) is 0 Å². The fourth-order valence-corrected chi connectivity index (χ4v) is 3.22. The van der Waals surface area contributed by atoms with Crippen molar-refractivity contribution in [2.45, 2.75) is 12.7 Å². The summed E-state index contributed by atoms with van der Waals surface area (Å²) in [5, 5.41) is 10.3. The van der Waals surface area contributed by atoms with Gasteiger partial charge in [0, 0.05) is 18.7 Å². The summed E-state index contributed by atoms with van der Waals surface area (Å²) < 4.78 is 51.7. The normalized spacial score (nSPS) is 14.2. The van der Waals surface area contributed by atoms with Gasteiger partial charge in [-0.15, -0.1) is 10.2 Å². The minimum Gasteiger partial charge on any atom is -0.309 e. The summed E-state index contributed by atoms with van der Waals surface area (Å²) in [6.07, 6.45) is -2.52. The number of aromatic nitrogens is 2. The summed E-state index contributed by atoms with van der Waals surface area (Å²) in [7, 11) is 0. The SMILES string of the molecule is Fc1cccc(C2=CCNCc3cc(-c4ccc(C(F)(F)F)nn4)ccc32)c1. The van der Waals surface area contributed by atoms with E-state index in [1.807, 2.05) is 24.3 Å². The lowest BCUT2D eigenvalue weighted by atomic mass is 9.92. The lowest BCUT2D eigenvalue weighted by Gasteiger charge is -2.13. The predicted molar refractivity (Wildman–Crippen MR) is 97.7 cm³/mol. The Morgan fingerprint density at radius 3 is 2.46 bits per heavy atom. The van der Waals surface area contributed by atoms with Gasteiger partial charge in [0.2, 0.25) is 0 Å². The second-order valence-corrected chi connectivity index (χ2v) is 6.43. The number of benzene rings is 2. The summed E-state index contributed by atoms with van der Waals surface area (Å²) in [5.74, 6) is -0.311. The molecule has 2 heterocycles. The molecule has 3 nitrogen and oxygen atoms in total. The average molecular weight is 385 g/mol. The Kier molecular flexibility index (Phi) is 4.68. The number of halogens is 4. The number of hydrogen-bond donors (Lipinski definition) is 1. The average Bonchev–Trinajstić information content (AvgIpc) is 2.89. The Balaban J connectivity index is 1.72. The smallest absolute Gasteiger partial charge is 0.309 e. The summed E-state index contributed by atoms with van der Waals surface area (Å²) >= 11 is 0. The zero-order valence-corrected chi connectivity index (χ0v) is 14.6. The van der Waals surface area contributed by atoms with Gasteiger partial charge in [-0.05, 0) is 52.6 Å². The van der Waals surface area contributed by atoms with Gasteiger partial charge in [-0.25, -0.2) is 4.39 Å². The van der Waals surface area contributed by atoms with Gasteiger partial charge in [0.15, 0.2) is 5.69 Å². The van der Waals surface area contributed by atoms with Crippen molar-refractivity contribution < 1.29 is 17.6 Å². The molecule has 0 aliphatic carbocycles. The zero-order chi connectivity index (χ0) is 19.7. The third-order valence-electron chi connectivity index (χ3n) is 4.55. The van der Waals surface area contributed by atoms with Gasteiger partial charge in [0.05, 0.1) is 5.69 Å². The maximum atomic E-state index is 13.7. The zero-order valence-electron chi connectivity index (χ0n) is 14.6. The maximum Gasteiger partial charge on any atom is 0.435 e. The molecule has 0 atom stereocenters. The number of alkyl halides is 3. The van der Waals surface area contributed by atoms with Crippen LogP contribution >= 0.6 is 0 Å². The first-order valence-corrected chi connectivity index (χ1v) is 8.63. The van der Waals surface area contributed by atoms with Crippen molar-refractivity contribution in [2.24, 2.45) is 0 Å². The van der Waals surface area contributed by atoms with Crippen LogP contribution in [-0.2, 0) is 12.7 Å². The van der Waals surface area contributed by atoms with Gasteiger partial charge in [-0.1, -0.05) is 30.3 Å². The number of nitrogens with one attached hydrogen (secondary N) is 1. The van der Waals surface area contributed by atoms with E-state index in [0.717, 1.165) is 28.3 Å². The Hall–Kier alpha value is -3.06. The molecule has 0 saturated carbocycles. The number of hydrogen-bond acceptors (Lipinski definition) is 3. The van der Waals surface area contributed by atoms with Gasteiger partial charge in [-0.3, -0.25) is 0 Å². The highest BCUT2D eigenvalue weighted by Gasteiger charge is 2.32. The maximum absolute atomic E-state index is 13.7. The van der Waals surface area contributed by atoms with Crippen molar-refractivity contribution in [1.29, 1.82) is 0 Å². The molecule has 4 rings (SSSR count). The molecule has 0 bridgehead atoms. The summed E-state index contributed by atoms with van der Waals surface area (Å²) in [4.78, 5) is 0. The lowest BCUT2D eigenvalue weighted by Crippen LogP contribution is -2.11. The molecule has 28 heavy (non-hydrogen) atoms. The van der Waals surface area contributed by atoms with E-state index in [1.54, 1.807) is 12.1 Å². The van der Waals surface area contributed by atoms with E-state index < -0.39 is 11.9 Å². The van der Waals surface area contributed by atoms with E-state index in [9.17, 15) is 17.6 Å². The minimum absolute atomic E-state index is 0.311. The quantitative estimate of drug-likeness (QED) is 0.642. The van der Waals surface area contributed by atoms with Crippen molar-refractivity contribution in [1.82, 2.24) is 15.5 Å². The van der Waals surface area contributed by atoms with Crippen LogP contribution in [0.25, 0.3) is 16.8 Å². The molecule has 0 fully saturated rings. The Labute approximate surface area is 158 Å². The fourth-order valence-electron chi connectivity index (χ4n) is 3.22. The highest BCUT2D eigenvalue weighted by Crippen LogP contribution is 2.32. The number of rotatable bonds is 2. The molecular weight excluding hydrogens is 370 g/mol. The topological polar surface area (TPSA) is 37.8 Å². The summed E-state index contributed by atoms with van der Waals surface area (Å²) in [6, 6.07) is 14.2. The lowest BCUT2D eigenvalue weighted by molar-refractivity contribution is -0.141. The summed E-state index contributed by atoms with van der Waals surface area (Å²) in [5.41, 5.74) is 3.57. The molecular formula is C21H15F4N3. The van der Waals surface area contributed by atoms with Crippen LogP contribution in [0.2, 0.25) is 0 Å². The molecule has 3 aromatic rings. The van der Waals surface area contributed by atoms with Crippen LogP contribution < -0.4 is 5.32 Å². The van der Waals surface area contributed by atoms with Crippen LogP contribution in [0.5, 0.6) is 0 Å². The van der Waals surface area contributed by atoms with Crippen molar-refractivity contribution >= 4 is 5.57 Å². The Bertz CT molecular complexity index is 1040. The molecule has 0 radical (unpaired) electrons. The van der Waals surface area contributed by atoms with Crippen LogP contribution in [0.4, 0.5) is 17.6 Å². The van der Waals surface area contributed by atoms with Gasteiger partial charge in [-0.2, -0.15) is 13.2 Å². The number of fused-ring (bicyclic) bond motifs is 1. The predicted octanol–water partition coefficient (Wildman–Crippen LogP) is 4.84. The largest absolute Gasteiger partial charge is 0.435 e. The standard InChI is InChI=1S/C21H15F4N3/c22-16-3-1-2-13(11-16)18-8-9-26-12-15-10-14(4-5-17(15)18)19-6-7-20(28-27-19)21(23,24)25/h1-8,10-11,26H,9,12H2. The highest BCUT2D eigenvalue weighted by molar-refractivity contribution is 5.83. The molecule has 7 heteroatoms. The fraction of sp³-hybridized carbons (Fsp3) is 0.143. The molecule has 2 aromatic carbocycles. The van der Waals surface area contributed by atoms with E-state index in [2.05, 4.69) is 15.5 Å². The molecule has 0 unspecified atom stereocenters. The van der Waals surface area contributed by atoms with Gasteiger partial charge >= 0.3 is 6.18 Å². The molecule has 0 amide bonds. The van der Waals surface area contributed by atoms with Crippen molar-refractivity contribution in [3.8, 4) is 11.3 Å². The van der Waals surface area contributed by atoms with E-state index in [0.29, 0.717) is 24.3 Å². The molecule has 142 valence electrons. The van der Waals surface area contributed by atoms with Gasteiger partial charge < -0.3 is 5.32 Å². The first-order chi connectivity index (χ1) is 13.4. The van der Waals surface area contributed by atoms with Crippen molar-refractivity contribution in [3.63, 3.8) is 0 Å². The molecule has 1 aliphatic rings. The van der Waals surface area contributed by atoms with Crippen LogP contribution in [0.3, 0.4) is 0 Å².